The lowest BCUT2D eigenvalue weighted by Crippen LogP contribution is -2.43. The van der Waals surface area contributed by atoms with E-state index in [1.54, 1.807) is 0 Å². The van der Waals surface area contributed by atoms with Gasteiger partial charge in [0.25, 0.3) is 0 Å². The highest BCUT2D eigenvalue weighted by Crippen LogP contribution is 2.33. The first-order valence-electron chi connectivity index (χ1n) is 12.0. The Morgan fingerprint density at radius 3 is 2.71 bits per heavy atom. The SMILES string of the molecule is Cc1noc(C)c1-c1ccc2nc(C(=O)CCC3CN(C)C3)cc(NCc3cccc(Cl)c3)c2c1. The van der Waals surface area contributed by atoms with Crippen molar-refractivity contribution in [1.29, 1.82) is 0 Å². The normalized spacial score (nSPS) is 14.3. The number of hydrogen-bond acceptors (Lipinski definition) is 6. The number of rotatable bonds is 8. The zero-order valence-electron chi connectivity index (χ0n) is 20.3. The zero-order valence-corrected chi connectivity index (χ0v) is 21.0. The molecule has 2 aromatic carbocycles. The second kappa shape index (κ2) is 9.80. The summed E-state index contributed by atoms with van der Waals surface area (Å²) in [6, 6.07) is 15.7. The molecular formula is C28H29ClN4O2. The van der Waals surface area contributed by atoms with Gasteiger partial charge in [0.15, 0.2) is 5.78 Å². The molecule has 0 aliphatic carbocycles. The van der Waals surface area contributed by atoms with E-state index < -0.39 is 0 Å². The molecule has 0 unspecified atom stereocenters. The molecule has 1 N–H and O–H groups in total. The van der Waals surface area contributed by atoms with Gasteiger partial charge in [-0.2, -0.15) is 0 Å². The third-order valence-corrected chi connectivity index (χ3v) is 6.94. The Balaban J connectivity index is 1.49. The topological polar surface area (TPSA) is 71.3 Å². The molecule has 0 bridgehead atoms. The maximum atomic E-state index is 13.1. The molecule has 0 spiro atoms. The van der Waals surface area contributed by atoms with E-state index in [9.17, 15) is 4.79 Å². The first-order chi connectivity index (χ1) is 16.9. The molecule has 6 nitrogen and oxygen atoms in total. The van der Waals surface area contributed by atoms with E-state index in [-0.39, 0.29) is 5.78 Å². The van der Waals surface area contributed by atoms with Crippen LogP contribution in [0.5, 0.6) is 0 Å². The Hall–Kier alpha value is -3.22. The highest BCUT2D eigenvalue weighted by Gasteiger charge is 2.24. The summed E-state index contributed by atoms with van der Waals surface area (Å²) >= 11 is 6.18. The fourth-order valence-electron chi connectivity index (χ4n) is 4.88. The van der Waals surface area contributed by atoms with Crippen LogP contribution in [-0.2, 0) is 6.54 Å². The maximum absolute atomic E-state index is 13.1. The van der Waals surface area contributed by atoms with Gasteiger partial charge in [0.05, 0.1) is 11.2 Å². The van der Waals surface area contributed by atoms with Gasteiger partial charge in [-0.05, 0) is 74.7 Å². The van der Waals surface area contributed by atoms with Crippen molar-refractivity contribution in [3.63, 3.8) is 0 Å². The largest absolute Gasteiger partial charge is 0.380 e. The molecule has 3 heterocycles. The van der Waals surface area contributed by atoms with Crippen LogP contribution in [0.3, 0.4) is 0 Å². The van der Waals surface area contributed by atoms with Gasteiger partial charge in [0, 0.05) is 47.7 Å². The van der Waals surface area contributed by atoms with Crippen LogP contribution in [0.1, 0.15) is 40.3 Å². The molecule has 0 saturated carbocycles. The number of nitrogens with zero attached hydrogens (tertiary/aromatic N) is 3. The first kappa shape index (κ1) is 23.5. The van der Waals surface area contributed by atoms with Crippen molar-refractivity contribution in [2.24, 2.45) is 5.92 Å². The number of carbonyl (C=O) groups excluding carboxylic acids is 1. The number of fused-ring (bicyclic) bond motifs is 1. The minimum absolute atomic E-state index is 0.0852. The van der Waals surface area contributed by atoms with E-state index in [0.717, 1.165) is 64.2 Å². The Morgan fingerprint density at radius 2 is 2.00 bits per heavy atom. The van der Waals surface area contributed by atoms with Crippen LogP contribution in [0.2, 0.25) is 5.02 Å². The molecule has 5 rings (SSSR count). The average Bonchev–Trinajstić information content (AvgIpc) is 3.16. The monoisotopic (exact) mass is 488 g/mol. The maximum Gasteiger partial charge on any atom is 0.181 e. The van der Waals surface area contributed by atoms with Gasteiger partial charge >= 0.3 is 0 Å². The second-order valence-corrected chi connectivity index (χ2v) is 9.96. The summed E-state index contributed by atoms with van der Waals surface area (Å²) < 4.78 is 5.38. The summed E-state index contributed by atoms with van der Waals surface area (Å²) in [5.74, 6) is 1.46. The lowest BCUT2D eigenvalue weighted by molar-refractivity contribution is 0.0912. The molecule has 7 heteroatoms. The summed E-state index contributed by atoms with van der Waals surface area (Å²) in [7, 11) is 2.11. The van der Waals surface area contributed by atoms with Gasteiger partial charge in [-0.1, -0.05) is 35.0 Å². The summed E-state index contributed by atoms with van der Waals surface area (Å²) in [6.07, 6.45) is 1.42. The molecule has 1 aliphatic heterocycles. The van der Waals surface area contributed by atoms with E-state index in [2.05, 4.69) is 28.5 Å². The average molecular weight is 489 g/mol. The van der Waals surface area contributed by atoms with Crippen LogP contribution in [0, 0.1) is 19.8 Å². The number of pyridine rings is 1. The fourth-order valence-corrected chi connectivity index (χ4v) is 5.10. The second-order valence-electron chi connectivity index (χ2n) is 9.52. The standard InChI is InChI=1S/C28H29ClN4O2/c1-17-28(18(2)35-32-17)21-8-9-24-23(12-21)25(30-14-19-5-4-6-22(29)11-19)13-26(31-24)27(34)10-7-20-15-33(3)16-20/h4-6,8-9,11-13,20H,7,10,14-16H2,1-3H3,(H,30,31). The van der Waals surface area contributed by atoms with Crippen LogP contribution < -0.4 is 5.32 Å². The molecule has 0 amide bonds. The van der Waals surface area contributed by atoms with Gasteiger partial charge in [-0.25, -0.2) is 4.98 Å². The number of carbonyl (C=O) groups is 1. The smallest absolute Gasteiger partial charge is 0.181 e. The molecule has 0 atom stereocenters. The van der Waals surface area contributed by atoms with Gasteiger partial charge < -0.3 is 14.7 Å². The minimum Gasteiger partial charge on any atom is -0.380 e. The molecule has 180 valence electrons. The van der Waals surface area contributed by atoms with Gasteiger partial charge in [-0.15, -0.1) is 0 Å². The molecule has 0 radical (unpaired) electrons. The van der Waals surface area contributed by atoms with Crippen LogP contribution in [0.15, 0.2) is 53.1 Å². The summed E-state index contributed by atoms with van der Waals surface area (Å²) in [6.45, 7) is 6.56. The highest BCUT2D eigenvalue weighted by atomic mass is 35.5. The number of halogens is 1. The lowest BCUT2D eigenvalue weighted by atomic mass is 9.93. The predicted molar refractivity (Wildman–Crippen MR) is 140 cm³/mol. The summed E-state index contributed by atoms with van der Waals surface area (Å²) in [4.78, 5) is 20.1. The van der Waals surface area contributed by atoms with E-state index in [4.69, 9.17) is 21.1 Å². The van der Waals surface area contributed by atoms with Crippen molar-refractivity contribution in [2.45, 2.75) is 33.2 Å². The van der Waals surface area contributed by atoms with Gasteiger partial charge in [0.1, 0.15) is 11.5 Å². The van der Waals surface area contributed by atoms with Crippen molar-refractivity contribution >= 4 is 34.0 Å². The van der Waals surface area contributed by atoms with Crippen LogP contribution in [0.4, 0.5) is 5.69 Å². The number of benzene rings is 2. The molecule has 1 saturated heterocycles. The van der Waals surface area contributed by atoms with Gasteiger partial charge in [0.2, 0.25) is 0 Å². The van der Waals surface area contributed by atoms with Crippen molar-refractivity contribution in [3.05, 3.63) is 76.3 Å². The Bertz CT molecular complexity index is 1370. The predicted octanol–water partition coefficient (Wildman–Crippen LogP) is 6.30. The van der Waals surface area contributed by atoms with Crippen LogP contribution in [0.25, 0.3) is 22.0 Å². The fraction of sp³-hybridized carbons (Fsp3) is 0.321. The molecule has 2 aromatic heterocycles. The number of hydrogen-bond donors (Lipinski definition) is 1. The van der Waals surface area contributed by atoms with E-state index in [0.29, 0.717) is 29.6 Å². The third-order valence-electron chi connectivity index (χ3n) is 6.71. The number of aromatic nitrogens is 2. The number of nitrogens with one attached hydrogen (secondary N) is 1. The van der Waals surface area contributed by atoms with Crippen molar-refractivity contribution in [2.75, 3.05) is 25.5 Å². The number of likely N-dealkylation sites (tertiary alicyclic amines) is 1. The lowest BCUT2D eigenvalue weighted by Gasteiger charge is -2.36. The summed E-state index contributed by atoms with van der Waals surface area (Å²) in [5, 5.41) is 9.27. The number of aryl methyl sites for hydroxylation is 2. The van der Waals surface area contributed by atoms with E-state index in [1.807, 2.05) is 56.3 Å². The first-order valence-corrected chi connectivity index (χ1v) is 12.3. The molecular weight excluding hydrogens is 460 g/mol. The Morgan fingerprint density at radius 1 is 1.17 bits per heavy atom. The molecule has 1 aliphatic rings. The molecule has 1 fully saturated rings. The van der Waals surface area contributed by atoms with Crippen molar-refractivity contribution in [1.82, 2.24) is 15.0 Å². The number of ketones is 1. The third kappa shape index (κ3) is 5.09. The highest BCUT2D eigenvalue weighted by molar-refractivity contribution is 6.30. The summed E-state index contributed by atoms with van der Waals surface area (Å²) in [5.41, 5.74) is 6.05. The van der Waals surface area contributed by atoms with E-state index >= 15 is 0 Å². The van der Waals surface area contributed by atoms with Crippen LogP contribution in [-0.4, -0.2) is 41.0 Å². The Labute approximate surface area is 210 Å². The number of anilines is 1. The zero-order chi connectivity index (χ0) is 24.5. The number of Topliss-reactive ketones (excluding diaryl/α,β-unsaturated/α-hetero) is 1. The van der Waals surface area contributed by atoms with Crippen molar-refractivity contribution < 1.29 is 9.32 Å². The van der Waals surface area contributed by atoms with Crippen LogP contribution >= 0.6 is 11.6 Å². The Kier molecular flexibility index (Phi) is 6.58. The molecule has 35 heavy (non-hydrogen) atoms. The van der Waals surface area contributed by atoms with Gasteiger partial charge in [-0.3, -0.25) is 4.79 Å². The van der Waals surface area contributed by atoms with E-state index in [1.165, 1.54) is 0 Å². The van der Waals surface area contributed by atoms with Crippen molar-refractivity contribution in [3.8, 4) is 11.1 Å². The minimum atomic E-state index is 0.0852. The quantitative estimate of drug-likeness (QED) is 0.293. The molecule has 4 aromatic rings.